The number of hydrogen-bond acceptors (Lipinski definition) is 4. The lowest BCUT2D eigenvalue weighted by atomic mass is 10.2. The molecule has 0 bridgehead atoms. The topological polar surface area (TPSA) is 35.9 Å². The molecule has 0 radical (unpaired) electrons. The van der Waals surface area contributed by atoms with Gasteiger partial charge in [0.05, 0.1) is 0 Å². The van der Waals surface area contributed by atoms with Crippen molar-refractivity contribution in [2.45, 2.75) is 20.0 Å². The maximum Gasteiger partial charge on any atom is 0.119 e. The minimum Gasteiger partial charge on any atom is -0.491 e. The standard InChI is InChI=1S/C16H26N2O2/c1-3-17-7-9-18(10-8-17)12-15(19)13-20-16-6-4-5-14(2)11-16/h4-6,11,15,19H,3,7-10,12-13H2,1-2H3/t15-/m1/s1. The number of piperazine rings is 1. The molecule has 1 N–H and O–H groups in total. The third kappa shape index (κ3) is 4.78. The second-order valence-electron chi connectivity index (χ2n) is 5.52. The highest BCUT2D eigenvalue weighted by molar-refractivity contribution is 5.27. The van der Waals surface area contributed by atoms with Crippen LogP contribution in [0.15, 0.2) is 24.3 Å². The number of ether oxygens (including phenoxy) is 1. The quantitative estimate of drug-likeness (QED) is 0.852. The molecule has 1 saturated heterocycles. The summed E-state index contributed by atoms with van der Waals surface area (Å²) in [7, 11) is 0. The largest absolute Gasteiger partial charge is 0.491 e. The molecule has 1 aromatic rings. The predicted octanol–water partition coefficient (Wildman–Crippen LogP) is 1.37. The van der Waals surface area contributed by atoms with E-state index < -0.39 is 6.10 Å². The molecule has 4 nitrogen and oxygen atoms in total. The number of rotatable bonds is 6. The number of nitrogens with zero attached hydrogens (tertiary/aromatic N) is 2. The summed E-state index contributed by atoms with van der Waals surface area (Å²) in [5.74, 6) is 0.833. The average molecular weight is 278 g/mol. The van der Waals surface area contributed by atoms with Gasteiger partial charge in [0.2, 0.25) is 0 Å². The number of β-amino-alcohol motifs (C(OH)–C–C–N with tert-alkyl or cyclic N) is 1. The van der Waals surface area contributed by atoms with E-state index in [1.54, 1.807) is 0 Å². The van der Waals surface area contributed by atoms with E-state index in [1.165, 1.54) is 5.56 Å². The molecule has 2 rings (SSSR count). The molecule has 1 aliphatic rings. The van der Waals surface area contributed by atoms with Crippen molar-refractivity contribution in [2.75, 3.05) is 45.9 Å². The van der Waals surface area contributed by atoms with E-state index in [2.05, 4.69) is 16.7 Å². The molecule has 0 aromatic heterocycles. The highest BCUT2D eigenvalue weighted by atomic mass is 16.5. The summed E-state index contributed by atoms with van der Waals surface area (Å²) in [6.45, 7) is 10.7. The molecule has 1 atom stereocenters. The van der Waals surface area contributed by atoms with E-state index in [9.17, 15) is 5.11 Å². The van der Waals surface area contributed by atoms with Crippen LogP contribution in [0.4, 0.5) is 0 Å². The fourth-order valence-electron chi connectivity index (χ4n) is 2.54. The summed E-state index contributed by atoms with van der Waals surface area (Å²) in [6.07, 6.45) is -0.427. The lowest BCUT2D eigenvalue weighted by Gasteiger charge is -2.34. The van der Waals surface area contributed by atoms with Gasteiger partial charge in [0.25, 0.3) is 0 Å². The number of aryl methyl sites for hydroxylation is 1. The normalized spacial score (nSPS) is 18.9. The molecule has 20 heavy (non-hydrogen) atoms. The summed E-state index contributed by atoms with van der Waals surface area (Å²) < 4.78 is 5.65. The number of aliphatic hydroxyl groups is 1. The van der Waals surface area contributed by atoms with Crippen molar-refractivity contribution in [3.05, 3.63) is 29.8 Å². The highest BCUT2D eigenvalue weighted by Gasteiger charge is 2.18. The van der Waals surface area contributed by atoms with Crippen LogP contribution in [0.3, 0.4) is 0 Å². The summed E-state index contributed by atoms with van der Waals surface area (Å²) in [6, 6.07) is 7.93. The van der Waals surface area contributed by atoms with Crippen LogP contribution in [0.2, 0.25) is 0 Å². The van der Waals surface area contributed by atoms with Crippen molar-refractivity contribution in [3.8, 4) is 5.75 Å². The number of likely N-dealkylation sites (N-methyl/N-ethyl adjacent to an activating group) is 1. The second-order valence-corrected chi connectivity index (χ2v) is 5.52. The lowest BCUT2D eigenvalue weighted by molar-refractivity contribution is 0.0471. The van der Waals surface area contributed by atoms with Gasteiger partial charge in [0, 0.05) is 32.7 Å². The molecule has 0 amide bonds. The summed E-state index contributed by atoms with van der Waals surface area (Å²) in [5, 5.41) is 10.1. The van der Waals surface area contributed by atoms with Gasteiger partial charge in [-0.25, -0.2) is 0 Å². The first kappa shape index (κ1) is 15.3. The third-order valence-electron chi connectivity index (χ3n) is 3.81. The Kier molecular flexibility index (Phi) is 5.83. The smallest absolute Gasteiger partial charge is 0.119 e. The Labute approximate surface area is 122 Å². The molecular weight excluding hydrogens is 252 g/mol. The van der Waals surface area contributed by atoms with E-state index in [-0.39, 0.29) is 0 Å². The first-order valence-electron chi connectivity index (χ1n) is 7.49. The van der Waals surface area contributed by atoms with E-state index in [1.807, 2.05) is 31.2 Å². The number of benzene rings is 1. The summed E-state index contributed by atoms with van der Waals surface area (Å²) in [5.41, 5.74) is 1.17. The first-order valence-corrected chi connectivity index (χ1v) is 7.49. The van der Waals surface area contributed by atoms with Gasteiger partial charge in [-0.05, 0) is 31.2 Å². The second kappa shape index (κ2) is 7.62. The Hall–Kier alpha value is -1.10. The van der Waals surface area contributed by atoms with Crippen molar-refractivity contribution in [1.82, 2.24) is 9.80 Å². The molecule has 0 saturated carbocycles. The molecule has 0 aliphatic carbocycles. The number of hydrogen-bond donors (Lipinski definition) is 1. The molecule has 1 aromatic carbocycles. The SMILES string of the molecule is CCN1CCN(C[C@@H](O)COc2cccc(C)c2)CC1. The molecule has 4 heteroatoms. The van der Waals surface area contributed by atoms with Crippen LogP contribution < -0.4 is 4.74 Å². The Bertz CT molecular complexity index is 403. The van der Waals surface area contributed by atoms with Crippen molar-refractivity contribution in [1.29, 1.82) is 0 Å². The van der Waals surface area contributed by atoms with Crippen LogP contribution in [-0.2, 0) is 0 Å². The van der Waals surface area contributed by atoms with Gasteiger partial charge in [-0.2, -0.15) is 0 Å². The zero-order valence-electron chi connectivity index (χ0n) is 12.6. The molecule has 112 valence electrons. The lowest BCUT2D eigenvalue weighted by Crippen LogP contribution is -2.49. The van der Waals surface area contributed by atoms with Crippen LogP contribution in [0.5, 0.6) is 5.75 Å². The van der Waals surface area contributed by atoms with E-state index in [0.29, 0.717) is 13.2 Å². The van der Waals surface area contributed by atoms with Crippen molar-refractivity contribution >= 4 is 0 Å². The van der Waals surface area contributed by atoms with Crippen LogP contribution in [-0.4, -0.2) is 66.9 Å². The maximum absolute atomic E-state index is 10.1. The maximum atomic E-state index is 10.1. The van der Waals surface area contributed by atoms with E-state index in [4.69, 9.17) is 4.74 Å². The molecule has 1 heterocycles. The molecule has 1 aliphatic heterocycles. The van der Waals surface area contributed by atoms with Gasteiger partial charge in [0.15, 0.2) is 0 Å². The van der Waals surface area contributed by atoms with Crippen LogP contribution in [0.1, 0.15) is 12.5 Å². The van der Waals surface area contributed by atoms with Gasteiger partial charge < -0.3 is 14.7 Å². The van der Waals surface area contributed by atoms with E-state index >= 15 is 0 Å². The van der Waals surface area contributed by atoms with Crippen molar-refractivity contribution < 1.29 is 9.84 Å². The summed E-state index contributed by atoms with van der Waals surface area (Å²) in [4.78, 5) is 4.75. The Morgan fingerprint density at radius 2 is 1.90 bits per heavy atom. The van der Waals surface area contributed by atoms with E-state index in [0.717, 1.165) is 38.5 Å². The minimum atomic E-state index is -0.427. The predicted molar refractivity (Wildman–Crippen MR) is 81.2 cm³/mol. The Morgan fingerprint density at radius 1 is 1.20 bits per heavy atom. The van der Waals surface area contributed by atoms with Gasteiger partial charge >= 0.3 is 0 Å². The fraction of sp³-hybridized carbons (Fsp3) is 0.625. The number of aliphatic hydroxyl groups excluding tert-OH is 1. The Balaban J connectivity index is 1.69. The zero-order chi connectivity index (χ0) is 14.4. The molecule has 0 unspecified atom stereocenters. The Morgan fingerprint density at radius 3 is 2.55 bits per heavy atom. The fourth-order valence-corrected chi connectivity index (χ4v) is 2.54. The van der Waals surface area contributed by atoms with Crippen LogP contribution >= 0.6 is 0 Å². The van der Waals surface area contributed by atoms with Crippen LogP contribution in [0, 0.1) is 6.92 Å². The molecular formula is C16H26N2O2. The third-order valence-corrected chi connectivity index (χ3v) is 3.81. The monoisotopic (exact) mass is 278 g/mol. The molecule has 0 spiro atoms. The van der Waals surface area contributed by atoms with Gasteiger partial charge in [-0.1, -0.05) is 19.1 Å². The van der Waals surface area contributed by atoms with Gasteiger partial charge in [-0.3, -0.25) is 4.90 Å². The average Bonchev–Trinajstić information content (AvgIpc) is 2.46. The minimum absolute atomic E-state index is 0.359. The summed E-state index contributed by atoms with van der Waals surface area (Å²) >= 11 is 0. The van der Waals surface area contributed by atoms with Gasteiger partial charge in [-0.15, -0.1) is 0 Å². The van der Waals surface area contributed by atoms with Crippen molar-refractivity contribution in [3.63, 3.8) is 0 Å². The molecule has 1 fully saturated rings. The van der Waals surface area contributed by atoms with Crippen molar-refractivity contribution in [2.24, 2.45) is 0 Å². The highest BCUT2D eigenvalue weighted by Crippen LogP contribution is 2.12. The van der Waals surface area contributed by atoms with Gasteiger partial charge in [0.1, 0.15) is 18.5 Å². The van der Waals surface area contributed by atoms with Crippen LogP contribution in [0.25, 0.3) is 0 Å². The zero-order valence-corrected chi connectivity index (χ0v) is 12.6. The first-order chi connectivity index (χ1) is 9.67.